The van der Waals surface area contributed by atoms with Gasteiger partial charge in [-0.05, 0) is 18.2 Å². The summed E-state index contributed by atoms with van der Waals surface area (Å²) in [6.45, 7) is 0. The van der Waals surface area contributed by atoms with E-state index in [4.69, 9.17) is 22.1 Å². The van der Waals surface area contributed by atoms with Crippen LogP contribution in [0.4, 0.5) is 15.8 Å². The molecule has 0 aliphatic rings. The average molecular weight is 310 g/mol. The second-order valence-corrected chi connectivity index (χ2v) is 4.71. The van der Waals surface area contributed by atoms with E-state index in [2.05, 4.69) is 4.98 Å². The molecule has 5 nitrogen and oxygen atoms in total. The fourth-order valence-corrected chi connectivity index (χ4v) is 1.96. The number of carbonyl (C=O) groups is 1. The Morgan fingerprint density at radius 3 is 2.71 bits per heavy atom. The van der Waals surface area contributed by atoms with E-state index in [9.17, 15) is 9.18 Å². The third-order valence-corrected chi connectivity index (χ3v) is 3.16. The average Bonchev–Trinajstić information content (AvgIpc) is 2.49. The van der Waals surface area contributed by atoms with Crippen molar-refractivity contribution in [1.82, 2.24) is 4.98 Å². The maximum Gasteiger partial charge on any atom is 0.260 e. The Kier molecular flexibility index (Phi) is 4.28. The monoisotopic (exact) mass is 309 g/mol. The fourth-order valence-electron chi connectivity index (χ4n) is 1.75. The summed E-state index contributed by atoms with van der Waals surface area (Å²) < 4.78 is 18.5. The number of aromatic nitrogens is 1. The maximum atomic E-state index is 13.6. The van der Waals surface area contributed by atoms with E-state index in [1.165, 1.54) is 31.3 Å². The van der Waals surface area contributed by atoms with Crippen LogP contribution in [0.1, 0.15) is 10.4 Å². The Morgan fingerprint density at radius 1 is 1.43 bits per heavy atom. The quantitative estimate of drug-likeness (QED) is 0.885. The number of nitrogen functional groups attached to an aromatic ring is 1. The van der Waals surface area contributed by atoms with Crippen molar-refractivity contribution in [3.05, 3.63) is 46.9 Å². The molecule has 0 spiro atoms. The van der Waals surface area contributed by atoms with Crippen LogP contribution in [0.5, 0.6) is 5.88 Å². The minimum absolute atomic E-state index is 0.00156. The molecule has 0 atom stereocenters. The summed E-state index contributed by atoms with van der Waals surface area (Å²) in [6.07, 6.45) is 1.47. The number of pyridine rings is 1. The third kappa shape index (κ3) is 3.05. The van der Waals surface area contributed by atoms with Gasteiger partial charge >= 0.3 is 0 Å². The molecule has 2 rings (SSSR count). The molecule has 0 saturated heterocycles. The summed E-state index contributed by atoms with van der Waals surface area (Å²) in [4.78, 5) is 17.7. The molecule has 21 heavy (non-hydrogen) atoms. The number of carbonyl (C=O) groups excluding carboxylic acids is 1. The lowest BCUT2D eigenvalue weighted by molar-refractivity contribution is 0.0993. The molecule has 1 heterocycles. The van der Waals surface area contributed by atoms with Crippen LogP contribution in [0.25, 0.3) is 0 Å². The Hall–Kier alpha value is -2.34. The van der Waals surface area contributed by atoms with Crippen LogP contribution in [-0.4, -0.2) is 25.0 Å². The van der Waals surface area contributed by atoms with E-state index in [0.717, 1.165) is 6.07 Å². The van der Waals surface area contributed by atoms with Crippen molar-refractivity contribution in [2.24, 2.45) is 0 Å². The van der Waals surface area contributed by atoms with E-state index in [-0.39, 0.29) is 16.3 Å². The fraction of sp³-hybridized carbons (Fsp3) is 0.143. The normalized spacial score (nSPS) is 10.3. The van der Waals surface area contributed by atoms with Gasteiger partial charge in [0, 0.05) is 18.1 Å². The van der Waals surface area contributed by atoms with Crippen LogP contribution in [0.2, 0.25) is 5.02 Å². The van der Waals surface area contributed by atoms with Crippen molar-refractivity contribution in [3.63, 3.8) is 0 Å². The lowest BCUT2D eigenvalue weighted by Gasteiger charge is -2.18. The lowest BCUT2D eigenvalue weighted by Crippen LogP contribution is -2.27. The van der Waals surface area contributed by atoms with E-state index in [1.54, 1.807) is 12.1 Å². The van der Waals surface area contributed by atoms with E-state index >= 15 is 0 Å². The van der Waals surface area contributed by atoms with E-state index in [1.807, 2.05) is 0 Å². The van der Waals surface area contributed by atoms with Gasteiger partial charge in [-0.3, -0.25) is 4.79 Å². The summed E-state index contributed by atoms with van der Waals surface area (Å²) in [5, 5.41) is 0.103. The zero-order chi connectivity index (χ0) is 15.6. The highest BCUT2D eigenvalue weighted by Crippen LogP contribution is 2.25. The van der Waals surface area contributed by atoms with Gasteiger partial charge in [0.05, 0.1) is 30.2 Å². The number of nitrogens with two attached hydrogens (primary N) is 1. The molecule has 1 aromatic carbocycles. The van der Waals surface area contributed by atoms with Gasteiger partial charge in [0.1, 0.15) is 5.82 Å². The Labute approximate surface area is 126 Å². The number of methoxy groups -OCH3 is 1. The molecular formula is C14H13ClFN3O2. The molecule has 1 aromatic heterocycles. The summed E-state index contributed by atoms with van der Waals surface area (Å²) in [6, 6.07) is 5.65. The molecule has 2 N–H and O–H groups in total. The molecule has 7 heteroatoms. The van der Waals surface area contributed by atoms with Crippen molar-refractivity contribution in [3.8, 4) is 5.88 Å². The van der Waals surface area contributed by atoms with Gasteiger partial charge in [-0.25, -0.2) is 9.37 Å². The molecule has 0 saturated carbocycles. The summed E-state index contributed by atoms with van der Waals surface area (Å²) >= 11 is 5.76. The Morgan fingerprint density at radius 2 is 2.14 bits per heavy atom. The molecule has 0 bridgehead atoms. The smallest absolute Gasteiger partial charge is 0.260 e. The van der Waals surface area contributed by atoms with Crippen molar-refractivity contribution >= 4 is 28.9 Å². The van der Waals surface area contributed by atoms with Crippen LogP contribution >= 0.6 is 11.6 Å². The minimum Gasteiger partial charge on any atom is -0.481 e. The number of rotatable bonds is 3. The molecule has 0 unspecified atom stereocenters. The summed E-state index contributed by atoms with van der Waals surface area (Å²) in [7, 11) is 3.02. The SMILES string of the molecule is COc1ccc(N(C)C(=O)c2cc(Cl)cc(F)c2N)cn1. The van der Waals surface area contributed by atoms with Crippen molar-refractivity contribution < 1.29 is 13.9 Å². The number of anilines is 2. The van der Waals surface area contributed by atoms with Gasteiger partial charge in [0.25, 0.3) is 5.91 Å². The number of halogens is 2. The molecule has 1 amide bonds. The number of hydrogen-bond donors (Lipinski definition) is 1. The second kappa shape index (κ2) is 5.97. The molecule has 0 radical (unpaired) electrons. The largest absolute Gasteiger partial charge is 0.481 e. The molecule has 2 aromatic rings. The number of amides is 1. The summed E-state index contributed by atoms with van der Waals surface area (Å²) in [5.41, 5.74) is 5.87. The van der Waals surface area contributed by atoms with Crippen molar-refractivity contribution in [2.75, 3.05) is 24.8 Å². The van der Waals surface area contributed by atoms with Crippen LogP contribution in [0.15, 0.2) is 30.5 Å². The van der Waals surface area contributed by atoms with E-state index < -0.39 is 11.7 Å². The van der Waals surface area contributed by atoms with Crippen molar-refractivity contribution in [1.29, 1.82) is 0 Å². The highest BCUT2D eigenvalue weighted by atomic mass is 35.5. The van der Waals surface area contributed by atoms with Crippen molar-refractivity contribution in [2.45, 2.75) is 0 Å². The predicted molar refractivity (Wildman–Crippen MR) is 79.3 cm³/mol. The first-order valence-electron chi connectivity index (χ1n) is 5.96. The highest BCUT2D eigenvalue weighted by molar-refractivity contribution is 6.31. The third-order valence-electron chi connectivity index (χ3n) is 2.95. The van der Waals surface area contributed by atoms with Gasteiger partial charge < -0.3 is 15.4 Å². The molecular weight excluding hydrogens is 297 g/mol. The van der Waals surface area contributed by atoms with Gasteiger partial charge in [-0.2, -0.15) is 0 Å². The second-order valence-electron chi connectivity index (χ2n) is 4.27. The first-order chi connectivity index (χ1) is 9.93. The minimum atomic E-state index is -0.730. The standard InChI is InChI=1S/C14H13ClFN3O2/c1-19(9-3-4-12(21-2)18-7-9)14(20)10-5-8(15)6-11(16)13(10)17/h3-7H,17H2,1-2H3. The Bertz CT molecular complexity index is 677. The van der Waals surface area contributed by atoms with Crippen LogP contribution < -0.4 is 15.4 Å². The molecule has 0 fully saturated rings. The predicted octanol–water partition coefficient (Wildman–Crippen LogP) is 2.74. The molecule has 0 aliphatic carbocycles. The maximum absolute atomic E-state index is 13.6. The first-order valence-corrected chi connectivity index (χ1v) is 6.34. The molecule has 0 aliphatic heterocycles. The topological polar surface area (TPSA) is 68.5 Å². The summed E-state index contributed by atoms with van der Waals surface area (Å²) in [5.74, 6) is -0.791. The molecule has 110 valence electrons. The van der Waals surface area contributed by atoms with Gasteiger partial charge in [-0.1, -0.05) is 11.6 Å². The van der Waals surface area contributed by atoms with Crippen LogP contribution in [-0.2, 0) is 0 Å². The number of benzene rings is 1. The van der Waals surface area contributed by atoms with Gasteiger partial charge in [0.2, 0.25) is 5.88 Å². The lowest BCUT2D eigenvalue weighted by atomic mass is 10.1. The van der Waals surface area contributed by atoms with Gasteiger partial charge in [0.15, 0.2) is 0 Å². The number of nitrogens with zero attached hydrogens (tertiary/aromatic N) is 2. The van der Waals surface area contributed by atoms with Crippen LogP contribution in [0, 0.1) is 5.82 Å². The Balaban J connectivity index is 2.34. The van der Waals surface area contributed by atoms with Gasteiger partial charge in [-0.15, -0.1) is 0 Å². The zero-order valence-corrected chi connectivity index (χ0v) is 12.2. The van der Waals surface area contributed by atoms with E-state index in [0.29, 0.717) is 11.6 Å². The number of hydrogen-bond acceptors (Lipinski definition) is 4. The first kappa shape index (κ1) is 15.1. The van der Waals surface area contributed by atoms with Crippen LogP contribution in [0.3, 0.4) is 0 Å². The zero-order valence-electron chi connectivity index (χ0n) is 11.4. The highest BCUT2D eigenvalue weighted by Gasteiger charge is 2.19. The number of ether oxygens (including phenoxy) is 1.